The van der Waals surface area contributed by atoms with Gasteiger partial charge in [0.2, 0.25) is 0 Å². The minimum absolute atomic E-state index is 0.0545. The van der Waals surface area contributed by atoms with Crippen LogP contribution in [0.4, 0.5) is 105 Å². The number of rotatable bonds is 6. The van der Waals surface area contributed by atoms with Crippen LogP contribution in [0.3, 0.4) is 0 Å². The van der Waals surface area contributed by atoms with Crippen molar-refractivity contribution in [1.29, 1.82) is 0 Å². The maximum atomic E-state index is 14.2. The zero-order valence-corrected chi connectivity index (χ0v) is 34.7. The molecule has 3 nitrogen and oxygen atoms in total. The van der Waals surface area contributed by atoms with Crippen molar-refractivity contribution in [3.05, 3.63) is 171 Å². The lowest BCUT2D eigenvalue weighted by atomic mass is 9.12. The first-order valence-electron chi connectivity index (χ1n) is 19.3. The molecule has 1 heterocycles. The van der Waals surface area contributed by atoms with Gasteiger partial charge in [-0.3, -0.25) is 0 Å². The van der Waals surface area contributed by atoms with Gasteiger partial charge in [-0.1, -0.05) is 78.9 Å². The Kier molecular flexibility index (Phi) is 14.8. The molecule has 6 aromatic rings. The predicted molar refractivity (Wildman–Crippen MR) is 206 cm³/mol. The quantitative estimate of drug-likeness (QED) is 0.0992. The topological polar surface area (TPSA) is 44.3 Å². The summed E-state index contributed by atoms with van der Waals surface area (Å²) in [6.07, 6.45) is -54.8. The smallest absolute Gasteiger partial charge is 0.416 e. The van der Waals surface area contributed by atoms with Crippen LogP contribution in [0, 0.1) is 0 Å². The van der Waals surface area contributed by atoms with Crippen molar-refractivity contribution in [1.82, 2.24) is 0 Å². The molecule has 1 aromatic heterocycles. The van der Waals surface area contributed by atoms with E-state index in [9.17, 15) is 116 Å². The Labute approximate surface area is 387 Å². The van der Waals surface area contributed by atoms with Crippen molar-refractivity contribution in [3.63, 3.8) is 0 Å². The van der Waals surface area contributed by atoms with E-state index in [1.54, 1.807) is 18.2 Å². The van der Waals surface area contributed by atoms with Crippen LogP contribution in [0.25, 0.3) is 0 Å². The molecule has 5 aromatic carbocycles. The van der Waals surface area contributed by atoms with Gasteiger partial charge in [-0.05, 0) is 30.3 Å². The van der Waals surface area contributed by atoms with E-state index in [0.717, 1.165) is 5.56 Å². The fraction of sp³-hybridized carbons (Fsp3) is 0.205. The minimum Gasteiger partial charge on any atom is -0.460 e. The maximum absolute atomic E-state index is 14.2. The second kappa shape index (κ2) is 19.0. The Morgan fingerprint density at radius 1 is 0.292 bits per heavy atom. The first kappa shape index (κ1) is 56.2. The van der Waals surface area contributed by atoms with E-state index in [0.29, 0.717) is 6.54 Å². The molecule has 0 fully saturated rings. The normalized spacial score (nSPS) is 13.4. The van der Waals surface area contributed by atoms with Crippen LogP contribution in [-0.2, 0) is 56.0 Å². The molecule has 2 N–H and O–H groups in total. The number of halogens is 24. The van der Waals surface area contributed by atoms with E-state index < -0.39 is 195 Å². The number of pyridine rings is 1. The Hall–Kier alpha value is -6.77. The van der Waals surface area contributed by atoms with Gasteiger partial charge in [-0.25, -0.2) is 0 Å². The lowest BCUT2D eigenvalue weighted by Gasteiger charge is -2.46. The third kappa shape index (κ3) is 12.6. The maximum Gasteiger partial charge on any atom is 0.416 e. The Balaban J connectivity index is 0.000000542. The van der Waals surface area contributed by atoms with Gasteiger partial charge in [-0.15, -0.1) is 4.57 Å². The Morgan fingerprint density at radius 3 is 0.694 bits per heavy atom. The predicted octanol–water partition coefficient (Wildman–Crippen LogP) is 12.6. The lowest BCUT2D eigenvalue weighted by Crippen LogP contribution is -2.75. The van der Waals surface area contributed by atoms with Crippen LogP contribution in [0.15, 0.2) is 121 Å². The van der Waals surface area contributed by atoms with Gasteiger partial charge in [0.15, 0.2) is 6.54 Å². The molecule has 72 heavy (non-hydrogen) atoms. The van der Waals surface area contributed by atoms with E-state index >= 15 is 0 Å². The standard InChI is InChI=1S/C32H12BF24.C12H11NO2/c34-25(35,36)13-1-14(26(37,38)39)6-21(5-13)33(22-7-15(27(40,41)42)2-16(8-22)28(43,44)45,23-9-17(29(46,47)48)3-18(10-23)30(49,50)51)24-11-19(31(52,53)54)4-20(12-24)32(55,56)57;14-11-7-4-8-12(15)13(11)9-10-5-2-1-3-6-10/h1-12H;1-8H,9H2,(H,14,15)/q-1;/p+1. The Bertz CT molecular complexity index is 2450. The molecular weight excluding hydrogens is 1040 g/mol. The first-order valence-corrected chi connectivity index (χ1v) is 19.3. The fourth-order valence-electron chi connectivity index (χ4n) is 7.52. The number of alkyl halides is 24. The first-order chi connectivity index (χ1) is 32.5. The summed E-state index contributed by atoms with van der Waals surface area (Å²) >= 11 is 0. The van der Waals surface area contributed by atoms with Gasteiger partial charge in [0.05, 0.1) is 56.6 Å². The molecule has 0 saturated carbocycles. The number of aromatic hydroxyl groups is 2. The zero-order valence-electron chi connectivity index (χ0n) is 34.7. The highest BCUT2D eigenvalue weighted by atomic mass is 19.4. The number of hydrogen-bond acceptors (Lipinski definition) is 2. The van der Waals surface area contributed by atoms with E-state index in [-0.39, 0.29) is 11.8 Å². The number of aromatic nitrogens is 1. The van der Waals surface area contributed by atoms with Gasteiger partial charge in [-0.2, -0.15) is 127 Å². The molecule has 0 amide bonds. The molecule has 0 saturated heterocycles. The number of hydrogen-bond donors (Lipinski definition) is 2. The van der Waals surface area contributed by atoms with Crippen LogP contribution in [-0.4, -0.2) is 16.4 Å². The van der Waals surface area contributed by atoms with Crippen LogP contribution >= 0.6 is 0 Å². The number of benzene rings is 5. The minimum atomic E-state index is -6.13. The Morgan fingerprint density at radius 2 is 0.500 bits per heavy atom. The second-order valence-corrected chi connectivity index (χ2v) is 15.5. The van der Waals surface area contributed by atoms with Gasteiger partial charge >= 0.3 is 61.2 Å². The fourth-order valence-corrected chi connectivity index (χ4v) is 7.52. The van der Waals surface area contributed by atoms with Crippen LogP contribution in [0.2, 0.25) is 0 Å². The van der Waals surface area contributed by atoms with E-state index in [4.69, 9.17) is 0 Å². The van der Waals surface area contributed by atoms with Gasteiger partial charge in [0, 0.05) is 5.56 Å². The summed E-state index contributed by atoms with van der Waals surface area (Å²) in [5.41, 5.74) is -29.2. The van der Waals surface area contributed by atoms with Crippen molar-refractivity contribution in [2.24, 2.45) is 0 Å². The zero-order chi connectivity index (χ0) is 54.6. The summed E-state index contributed by atoms with van der Waals surface area (Å²) in [5, 5.41) is 19.1. The van der Waals surface area contributed by atoms with Crippen LogP contribution in [0.5, 0.6) is 11.8 Å². The third-order valence-corrected chi connectivity index (χ3v) is 10.7. The molecule has 0 bridgehead atoms. The van der Waals surface area contributed by atoms with Crippen LogP contribution in [0.1, 0.15) is 50.1 Å². The van der Waals surface area contributed by atoms with E-state index in [2.05, 4.69) is 0 Å². The van der Waals surface area contributed by atoms with Crippen molar-refractivity contribution in [3.8, 4) is 11.8 Å². The van der Waals surface area contributed by atoms with E-state index in [1.807, 2.05) is 30.3 Å². The molecular formula is C44H24BF24NO2. The summed E-state index contributed by atoms with van der Waals surface area (Å²) in [6.45, 7) is 0.458. The van der Waals surface area contributed by atoms with Crippen molar-refractivity contribution in [2.45, 2.75) is 56.0 Å². The summed E-state index contributed by atoms with van der Waals surface area (Å²) in [5.74, 6) is 0.109. The largest absolute Gasteiger partial charge is 0.460 e. The molecule has 0 radical (unpaired) electrons. The molecule has 6 rings (SSSR count). The van der Waals surface area contributed by atoms with Gasteiger partial charge < -0.3 is 10.2 Å². The van der Waals surface area contributed by atoms with Crippen LogP contribution < -0.4 is 26.4 Å². The van der Waals surface area contributed by atoms with Gasteiger partial charge in [0.25, 0.3) is 0 Å². The highest BCUT2D eigenvalue weighted by molar-refractivity contribution is 7.20. The monoisotopic (exact) mass is 1070 g/mol. The SMILES string of the molecule is FC(F)(F)c1cc([B-](c2cc(C(F)(F)F)cc(C(F)(F)F)c2)(c2cc(C(F)(F)F)cc(C(F)(F)F)c2)c2cc(C(F)(F)F)cc(C(F)(F)F)c2)cc(C(F)(F)F)c1.Oc1cccc(O)[n+]1Cc1ccccc1. The summed E-state index contributed by atoms with van der Waals surface area (Å²) in [4.78, 5) is 0. The van der Waals surface area contributed by atoms with Crippen molar-refractivity contribution < 1.29 is 120 Å². The third-order valence-electron chi connectivity index (χ3n) is 10.7. The summed E-state index contributed by atoms with van der Waals surface area (Å²) in [6, 6.07) is 5.54. The van der Waals surface area contributed by atoms with E-state index in [1.165, 1.54) is 4.57 Å². The highest BCUT2D eigenvalue weighted by Gasteiger charge is 2.47. The van der Waals surface area contributed by atoms with Gasteiger partial charge in [0.1, 0.15) is 6.15 Å². The highest BCUT2D eigenvalue weighted by Crippen LogP contribution is 2.41. The molecule has 0 spiro atoms. The summed E-state index contributed by atoms with van der Waals surface area (Å²) in [7, 11) is 0. The van der Waals surface area contributed by atoms with Crippen molar-refractivity contribution >= 4 is 28.0 Å². The average molecular weight is 1070 g/mol. The van der Waals surface area contributed by atoms with Crippen molar-refractivity contribution in [2.75, 3.05) is 0 Å². The number of nitrogens with zero attached hydrogens (tertiary/aromatic N) is 1. The molecule has 0 unspecified atom stereocenters. The second-order valence-electron chi connectivity index (χ2n) is 15.5. The molecule has 388 valence electrons. The lowest BCUT2D eigenvalue weighted by molar-refractivity contribution is -0.699. The molecule has 0 atom stereocenters. The summed E-state index contributed by atoms with van der Waals surface area (Å²) < 4.78 is 342. The molecule has 28 heteroatoms. The molecule has 0 aliphatic carbocycles. The average Bonchev–Trinajstić information content (AvgIpc) is 3.23. The molecule has 0 aliphatic heterocycles. The molecule has 0 aliphatic rings.